The van der Waals surface area contributed by atoms with Gasteiger partial charge in [-0.2, -0.15) is 0 Å². The number of benzene rings is 2. The highest BCUT2D eigenvalue weighted by molar-refractivity contribution is 7.93. The van der Waals surface area contributed by atoms with Crippen LogP contribution in [0.1, 0.15) is 12.0 Å². The number of hydrogen-bond acceptors (Lipinski definition) is 5. The number of methoxy groups -OCH3 is 1. The molecule has 10 heteroatoms. The van der Waals surface area contributed by atoms with Crippen molar-refractivity contribution < 1.29 is 27.1 Å². The van der Waals surface area contributed by atoms with Crippen LogP contribution in [0.5, 0.6) is 5.75 Å². The van der Waals surface area contributed by atoms with Crippen LogP contribution < -0.4 is 4.74 Å². The molecule has 2 aromatic rings. The van der Waals surface area contributed by atoms with E-state index in [0.29, 0.717) is 16.3 Å². The van der Waals surface area contributed by atoms with Gasteiger partial charge in [0.05, 0.1) is 13.5 Å². The Morgan fingerprint density at radius 3 is 2.47 bits per heavy atom. The smallest absolute Gasteiger partial charge is 0.228 e. The topological polar surface area (TPSA) is 80.8 Å². The van der Waals surface area contributed by atoms with E-state index in [0.717, 1.165) is 17.0 Å². The molecule has 0 aliphatic carbocycles. The molecule has 158 valence electrons. The number of fused-ring (bicyclic) bond motifs is 1. The molecule has 2 saturated heterocycles. The summed E-state index contributed by atoms with van der Waals surface area (Å²) in [7, 11) is -3.05. The Bertz CT molecular complexity index is 1190. The standard InChI is InChI=1S/C20H16Cl2FNO5S/c1-29-16-4-2-13(21)7-11(16)6-12-10-24-18(25)9-20(24,19(12)26)30(27,28)17-5-3-14(22)8-15(17)23/h2-5,7-8,12H,6,9-10H2,1H3. The minimum Gasteiger partial charge on any atom is -0.496 e. The van der Waals surface area contributed by atoms with Crippen molar-refractivity contribution in [3.63, 3.8) is 0 Å². The van der Waals surface area contributed by atoms with E-state index in [1.807, 2.05) is 0 Å². The second-order valence-electron chi connectivity index (χ2n) is 7.27. The highest BCUT2D eigenvalue weighted by Gasteiger charge is 2.71. The van der Waals surface area contributed by atoms with Crippen LogP contribution in [-0.4, -0.2) is 43.5 Å². The van der Waals surface area contributed by atoms with Crippen LogP contribution in [0.2, 0.25) is 10.0 Å². The van der Waals surface area contributed by atoms with Gasteiger partial charge < -0.3 is 9.64 Å². The fraction of sp³-hybridized carbons (Fsp3) is 0.300. The first-order valence-electron chi connectivity index (χ1n) is 8.98. The van der Waals surface area contributed by atoms with Crippen LogP contribution >= 0.6 is 23.2 Å². The van der Waals surface area contributed by atoms with Crippen molar-refractivity contribution in [3.8, 4) is 5.75 Å². The Morgan fingerprint density at radius 1 is 1.17 bits per heavy atom. The minimum absolute atomic E-state index is 0.0224. The van der Waals surface area contributed by atoms with Gasteiger partial charge >= 0.3 is 0 Å². The minimum atomic E-state index is -4.51. The summed E-state index contributed by atoms with van der Waals surface area (Å²) in [4.78, 5) is 23.8. The zero-order valence-electron chi connectivity index (χ0n) is 15.7. The molecule has 2 aliphatic heterocycles. The maximum atomic E-state index is 14.4. The number of rotatable bonds is 5. The quantitative estimate of drug-likeness (QED) is 0.625. The molecule has 2 aromatic carbocycles. The maximum Gasteiger partial charge on any atom is 0.228 e. The zero-order valence-corrected chi connectivity index (χ0v) is 18.0. The van der Waals surface area contributed by atoms with Crippen molar-refractivity contribution >= 4 is 44.7 Å². The second kappa shape index (κ2) is 7.21. The van der Waals surface area contributed by atoms with Crippen molar-refractivity contribution in [2.24, 2.45) is 5.92 Å². The maximum absolute atomic E-state index is 14.4. The lowest BCUT2D eigenvalue weighted by Gasteiger charge is -2.44. The summed E-state index contributed by atoms with van der Waals surface area (Å²) in [5.74, 6) is -2.48. The van der Waals surface area contributed by atoms with Crippen molar-refractivity contribution in [3.05, 3.63) is 57.8 Å². The largest absolute Gasteiger partial charge is 0.496 e. The number of carbonyl (C=O) groups excluding carboxylic acids is 2. The monoisotopic (exact) mass is 471 g/mol. The van der Waals surface area contributed by atoms with Gasteiger partial charge in [0.1, 0.15) is 16.5 Å². The van der Waals surface area contributed by atoms with Gasteiger partial charge in [-0.25, -0.2) is 12.8 Å². The number of ketones is 1. The number of hydrogen-bond donors (Lipinski definition) is 0. The van der Waals surface area contributed by atoms with Gasteiger partial charge in [0.25, 0.3) is 0 Å². The summed E-state index contributed by atoms with van der Waals surface area (Å²) in [5, 5.41) is 0.454. The van der Waals surface area contributed by atoms with E-state index in [9.17, 15) is 22.4 Å². The molecule has 2 fully saturated rings. The number of Topliss-reactive ketones (excluding diaryl/α,β-unsaturated/α-hetero) is 1. The number of ether oxygens (including phenoxy) is 1. The lowest BCUT2D eigenvalue weighted by atomic mass is 9.92. The molecule has 0 radical (unpaired) electrons. The first-order chi connectivity index (χ1) is 14.1. The van der Waals surface area contributed by atoms with Gasteiger partial charge in [0.2, 0.25) is 20.6 Å². The summed E-state index contributed by atoms with van der Waals surface area (Å²) >= 11 is 11.8. The van der Waals surface area contributed by atoms with Crippen molar-refractivity contribution in [1.82, 2.24) is 4.90 Å². The van der Waals surface area contributed by atoms with Crippen LogP contribution in [0.15, 0.2) is 41.3 Å². The predicted octanol–water partition coefficient (Wildman–Crippen LogP) is 3.29. The number of sulfone groups is 1. The highest BCUT2D eigenvalue weighted by Crippen LogP contribution is 2.49. The van der Waals surface area contributed by atoms with Crippen LogP contribution in [0, 0.1) is 11.7 Å². The second-order valence-corrected chi connectivity index (χ2v) is 10.3. The fourth-order valence-electron chi connectivity index (χ4n) is 4.17. The van der Waals surface area contributed by atoms with Crippen LogP contribution in [0.4, 0.5) is 4.39 Å². The lowest BCUT2D eigenvalue weighted by molar-refractivity contribution is -0.150. The first-order valence-corrected chi connectivity index (χ1v) is 11.2. The van der Waals surface area contributed by atoms with Gasteiger partial charge in [0.15, 0.2) is 5.78 Å². The van der Waals surface area contributed by atoms with Gasteiger partial charge in [-0.3, -0.25) is 9.59 Å². The third kappa shape index (κ3) is 2.92. The Balaban J connectivity index is 1.74. The van der Waals surface area contributed by atoms with E-state index < -0.39 is 49.5 Å². The SMILES string of the molecule is COc1ccc(Cl)cc1CC1CN2C(=O)CC2(S(=O)(=O)c2ccc(Cl)cc2F)C1=O. The molecule has 0 N–H and O–H groups in total. The van der Waals surface area contributed by atoms with E-state index in [2.05, 4.69) is 0 Å². The number of β-lactam (4-membered cyclic amide) rings is 1. The third-order valence-electron chi connectivity index (χ3n) is 5.62. The lowest BCUT2D eigenvalue weighted by Crippen LogP contribution is -2.67. The van der Waals surface area contributed by atoms with E-state index in [-0.39, 0.29) is 18.0 Å². The molecule has 2 atom stereocenters. The zero-order chi connectivity index (χ0) is 21.8. The first kappa shape index (κ1) is 21.1. The molecule has 6 nitrogen and oxygen atoms in total. The number of nitrogens with zero attached hydrogens (tertiary/aromatic N) is 1. The molecule has 2 heterocycles. The molecule has 0 aromatic heterocycles. The third-order valence-corrected chi connectivity index (χ3v) is 8.46. The highest BCUT2D eigenvalue weighted by atomic mass is 35.5. The van der Waals surface area contributed by atoms with E-state index in [4.69, 9.17) is 27.9 Å². The Kier molecular flexibility index (Phi) is 5.07. The van der Waals surface area contributed by atoms with Gasteiger partial charge in [-0.1, -0.05) is 23.2 Å². The molecule has 0 bridgehead atoms. The van der Waals surface area contributed by atoms with Crippen molar-refractivity contribution in [2.75, 3.05) is 13.7 Å². The summed E-state index contributed by atoms with van der Waals surface area (Å²) in [6.07, 6.45) is -0.383. The van der Waals surface area contributed by atoms with E-state index in [1.165, 1.54) is 13.2 Å². The molecule has 0 spiro atoms. The Labute approximate surface area is 182 Å². The molecule has 30 heavy (non-hydrogen) atoms. The average Bonchev–Trinajstić information content (AvgIpc) is 2.90. The molecule has 2 aliphatic rings. The van der Waals surface area contributed by atoms with Crippen molar-refractivity contribution in [2.45, 2.75) is 22.6 Å². The Hall–Kier alpha value is -2.16. The van der Waals surface area contributed by atoms with E-state index in [1.54, 1.807) is 18.2 Å². The van der Waals surface area contributed by atoms with Gasteiger partial charge in [0, 0.05) is 22.5 Å². The van der Waals surface area contributed by atoms with E-state index >= 15 is 0 Å². The summed E-state index contributed by atoms with van der Waals surface area (Å²) < 4.78 is 46.4. The molecule has 0 saturated carbocycles. The van der Waals surface area contributed by atoms with Gasteiger partial charge in [-0.05, 0) is 48.4 Å². The predicted molar refractivity (Wildman–Crippen MR) is 108 cm³/mol. The average molecular weight is 472 g/mol. The molecular weight excluding hydrogens is 456 g/mol. The molecular formula is C20H16Cl2FNO5S. The van der Waals surface area contributed by atoms with Gasteiger partial charge in [-0.15, -0.1) is 0 Å². The number of amides is 1. The summed E-state index contributed by atoms with van der Waals surface area (Å²) in [6.45, 7) is -0.0816. The molecule has 1 amide bonds. The number of carbonyl (C=O) groups is 2. The Morgan fingerprint density at radius 2 is 1.83 bits per heavy atom. The molecule has 2 unspecified atom stereocenters. The molecule has 4 rings (SSSR count). The normalized spacial score (nSPS) is 23.3. The summed E-state index contributed by atoms with van der Waals surface area (Å²) in [6, 6.07) is 8.02. The fourth-order valence-corrected chi connectivity index (χ4v) is 6.67. The van der Waals surface area contributed by atoms with Crippen LogP contribution in [0.3, 0.4) is 0 Å². The van der Waals surface area contributed by atoms with Crippen LogP contribution in [0.25, 0.3) is 0 Å². The number of halogens is 3. The van der Waals surface area contributed by atoms with Crippen molar-refractivity contribution in [1.29, 1.82) is 0 Å². The van der Waals surface area contributed by atoms with Crippen LogP contribution in [-0.2, 0) is 25.8 Å². The summed E-state index contributed by atoms with van der Waals surface area (Å²) in [5.41, 5.74) is 0.614.